The second kappa shape index (κ2) is 12.8. The van der Waals surface area contributed by atoms with Crippen LogP contribution in [0.4, 0.5) is 0 Å². The highest BCUT2D eigenvalue weighted by molar-refractivity contribution is 7.91. The fraction of sp³-hybridized carbons (Fsp3) is 0.588. The number of sulfonamides is 1. The van der Waals surface area contributed by atoms with Crippen molar-refractivity contribution in [1.82, 2.24) is 19.9 Å². The number of carbonyl (C=O) groups excluding carboxylic acids is 3. The summed E-state index contributed by atoms with van der Waals surface area (Å²) in [7, 11) is -2.29. The maximum absolute atomic E-state index is 14.1. The highest BCUT2D eigenvalue weighted by atomic mass is 32.2. The molecule has 3 amide bonds. The van der Waals surface area contributed by atoms with Gasteiger partial charge in [0.05, 0.1) is 18.9 Å². The lowest BCUT2D eigenvalue weighted by molar-refractivity contribution is -0.140. The number of aromatic nitrogens is 1. The third-order valence-electron chi connectivity index (χ3n) is 9.99. The predicted molar refractivity (Wildman–Crippen MR) is 172 cm³/mol. The Kier molecular flexibility index (Phi) is 9.02. The van der Waals surface area contributed by atoms with Crippen molar-refractivity contribution in [2.75, 3.05) is 13.7 Å². The van der Waals surface area contributed by atoms with Crippen LogP contribution in [0.5, 0.6) is 11.8 Å². The average molecular weight is 653 g/mol. The van der Waals surface area contributed by atoms with E-state index in [9.17, 15) is 22.8 Å². The zero-order valence-electron chi connectivity index (χ0n) is 26.7. The van der Waals surface area contributed by atoms with Crippen molar-refractivity contribution in [2.45, 2.75) is 94.6 Å². The van der Waals surface area contributed by atoms with E-state index in [1.807, 2.05) is 42.5 Å². The molecule has 4 aliphatic rings. The van der Waals surface area contributed by atoms with E-state index < -0.39 is 44.8 Å². The summed E-state index contributed by atoms with van der Waals surface area (Å²) in [5.74, 6) is -0.399. The van der Waals surface area contributed by atoms with Gasteiger partial charge in [-0.15, -0.1) is 0 Å². The molecule has 0 bridgehead atoms. The number of allylic oxidation sites excluding steroid dienone is 1. The largest absolute Gasteiger partial charge is 0.481 e. The van der Waals surface area contributed by atoms with Gasteiger partial charge in [0.15, 0.2) is 0 Å². The van der Waals surface area contributed by atoms with Crippen molar-refractivity contribution < 1.29 is 32.3 Å². The van der Waals surface area contributed by atoms with Crippen LogP contribution >= 0.6 is 0 Å². The molecule has 46 heavy (non-hydrogen) atoms. The quantitative estimate of drug-likeness (QED) is 0.429. The Bertz CT molecular complexity index is 1640. The summed E-state index contributed by atoms with van der Waals surface area (Å²) in [5, 5.41) is 4.01. The van der Waals surface area contributed by atoms with E-state index in [0.29, 0.717) is 36.9 Å². The second-order valence-corrected chi connectivity index (χ2v) is 15.5. The maximum Gasteiger partial charge on any atom is 0.259 e. The Labute approximate surface area is 270 Å². The molecule has 6 atom stereocenters. The first-order valence-electron chi connectivity index (χ1n) is 16.5. The third-order valence-corrected chi connectivity index (χ3v) is 11.8. The smallest absolute Gasteiger partial charge is 0.259 e. The standard InChI is InChI=1S/C34H44N4O7S/c1-4-22-15-21(2)9-5-7-11-24-19-34(24,33(41)37-46(42,43)26-13-14-26)36-31(40)28-18-25(20-38(28)30(39)16-22)45-32-27-12-8-6-10-23(27)17-29(35-32)44-3/h6-8,10-12,17,21-22,24-26,28H,4-5,9,13-16,18-20H2,1-3H3,(H,36,40)(H,37,41)/b11-7-/t21-,22+,24?,25+,28-,34+/m0/s1. The molecule has 0 radical (unpaired) electrons. The number of fused-ring (bicyclic) bond motifs is 3. The fourth-order valence-electron chi connectivity index (χ4n) is 6.96. The molecule has 3 fully saturated rings. The molecule has 3 heterocycles. The van der Waals surface area contributed by atoms with Crippen LogP contribution in [-0.4, -0.2) is 72.6 Å². The SMILES string of the molecule is CC[C@H]1CC(=O)N2C[C@H](Oc3nc(OC)cc4ccccc34)C[C@H]2C(=O)N[C@]2(C(=O)NS(=O)(=O)C3CC3)CC2/C=C\CC[C@H](C)C1. The number of methoxy groups -OCH3 is 1. The summed E-state index contributed by atoms with van der Waals surface area (Å²) >= 11 is 0. The molecule has 2 aliphatic carbocycles. The first kappa shape index (κ1) is 32.3. The number of nitrogens with zero attached hydrogens (tertiary/aromatic N) is 2. The molecule has 1 unspecified atom stereocenters. The predicted octanol–water partition coefficient (Wildman–Crippen LogP) is 3.87. The molecule has 248 valence electrons. The van der Waals surface area contributed by atoms with Gasteiger partial charge in [-0.2, -0.15) is 4.98 Å². The molecule has 0 spiro atoms. The van der Waals surface area contributed by atoms with E-state index in [4.69, 9.17) is 9.47 Å². The number of benzene rings is 1. The Morgan fingerprint density at radius 2 is 1.96 bits per heavy atom. The van der Waals surface area contributed by atoms with Gasteiger partial charge in [-0.05, 0) is 61.8 Å². The molecule has 2 aromatic rings. The van der Waals surface area contributed by atoms with Crippen molar-refractivity contribution in [3.8, 4) is 11.8 Å². The van der Waals surface area contributed by atoms with E-state index in [1.165, 1.54) is 7.11 Å². The van der Waals surface area contributed by atoms with Gasteiger partial charge in [-0.25, -0.2) is 8.42 Å². The monoisotopic (exact) mass is 652 g/mol. The molecule has 1 saturated heterocycles. The highest BCUT2D eigenvalue weighted by Gasteiger charge is 2.62. The van der Waals surface area contributed by atoms with Gasteiger partial charge in [-0.3, -0.25) is 19.1 Å². The van der Waals surface area contributed by atoms with Crippen LogP contribution in [0.3, 0.4) is 0 Å². The Morgan fingerprint density at radius 3 is 2.70 bits per heavy atom. The molecule has 2 N–H and O–H groups in total. The van der Waals surface area contributed by atoms with Crippen LogP contribution < -0.4 is 19.5 Å². The molecule has 1 aromatic heterocycles. The molecular formula is C34H44N4O7S. The van der Waals surface area contributed by atoms with E-state index in [2.05, 4.69) is 28.9 Å². The van der Waals surface area contributed by atoms with E-state index in [1.54, 1.807) is 4.90 Å². The zero-order valence-corrected chi connectivity index (χ0v) is 27.6. The minimum atomic E-state index is -3.82. The number of rotatable bonds is 7. The van der Waals surface area contributed by atoms with Crippen molar-refractivity contribution in [1.29, 1.82) is 0 Å². The third kappa shape index (κ3) is 6.72. The van der Waals surface area contributed by atoms with Gasteiger partial charge >= 0.3 is 0 Å². The Morgan fingerprint density at radius 1 is 1.17 bits per heavy atom. The number of hydrogen-bond acceptors (Lipinski definition) is 8. The summed E-state index contributed by atoms with van der Waals surface area (Å²) in [6.45, 7) is 4.45. The number of nitrogens with one attached hydrogen (secondary N) is 2. The number of ether oxygens (including phenoxy) is 2. The fourth-order valence-corrected chi connectivity index (χ4v) is 8.32. The van der Waals surface area contributed by atoms with E-state index in [0.717, 1.165) is 36.5 Å². The van der Waals surface area contributed by atoms with E-state index >= 15 is 0 Å². The lowest BCUT2D eigenvalue weighted by Gasteiger charge is -2.28. The molecule has 2 aliphatic heterocycles. The van der Waals surface area contributed by atoms with Crippen molar-refractivity contribution in [3.05, 3.63) is 42.5 Å². The Balaban J connectivity index is 1.30. The number of carbonyl (C=O) groups is 3. The topological polar surface area (TPSA) is 144 Å². The molecule has 2 saturated carbocycles. The summed E-state index contributed by atoms with van der Waals surface area (Å²) in [6, 6.07) is 8.55. The van der Waals surface area contributed by atoms with Gasteiger partial charge in [0.1, 0.15) is 17.7 Å². The molecule has 6 rings (SSSR count). The van der Waals surface area contributed by atoms with Crippen molar-refractivity contribution >= 4 is 38.5 Å². The number of hydrogen-bond donors (Lipinski definition) is 2. The molecule has 12 heteroatoms. The van der Waals surface area contributed by atoms with Gasteiger partial charge in [0, 0.05) is 30.2 Å². The summed E-state index contributed by atoms with van der Waals surface area (Å²) in [4.78, 5) is 47.7. The van der Waals surface area contributed by atoms with Crippen LogP contribution in [0.25, 0.3) is 10.8 Å². The average Bonchev–Trinajstić information content (AvgIpc) is 3.95. The zero-order chi connectivity index (χ0) is 32.6. The van der Waals surface area contributed by atoms with Gasteiger partial charge in [0.2, 0.25) is 33.6 Å². The number of pyridine rings is 1. The summed E-state index contributed by atoms with van der Waals surface area (Å²) in [5.41, 5.74) is -1.40. The van der Waals surface area contributed by atoms with Gasteiger partial charge in [0.25, 0.3) is 5.91 Å². The van der Waals surface area contributed by atoms with Crippen LogP contribution in [-0.2, 0) is 24.4 Å². The maximum atomic E-state index is 14.1. The van der Waals surface area contributed by atoms with Crippen LogP contribution in [0.1, 0.15) is 71.6 Å². The summed E-state index contributed by atoms with van der Waals surface area (Å²) < 4.78 is 39.5. The highest BCUT2D eigenvalue weighted by Crippen LogP contribution is 2.46. The second-order valence-electron chi connectivity index (χ2n) is 13.5. The molecular weight excluding hydrogens is 608 g/mol. The van der Waals surface area contributed by atoms with Crippen LogP contribution in [0.2, 0.25) is 0 Å². The lowest BCUT2D eigenvalue weighted by Crippen LogP contribution is -2.56. The van der Waals surface area contributed by atoms with Crippen molar-refractivity contribution in [3.63, 3.8) is 0 Å². The first-order chi connectivity index (χ1) is 22.0. The molecule has 11 nitrogen and oxygen atoms in total. The normalized spacial score (nSPS) is 31.1. The minimum Gasteiger partial charge on any atom is -0.481 e. The van der Waals surface area contributed by atoms with Gasteiger partial charge in [-0.1, -0.05) is 50.6 Å². The minimum absolute atomic E-state index is 0.135. The first-order valence-corrected chi connectivity index (χ1v) is 18.0. The van der Waals surface area contributed by atoms with Crippen LogP contribution in [0, 0.1) is 17.8 Å². The number of amides is 3. The van der Waals surface area contributed by atoms with Crippen molar-refractivity contribution in [2.24, 2.45) is 17.8 Å². The van der Waals surface area contributed by atoms with Gasteiger partial charge < -0.3 is 19.7 Å². The van der Waals surface area contributed by atoms with E-state index in [-0.39, 0.29) is 37.1 Å². The molecule has 1 aromatic carbocycles. The lowest BCUT2D eigenvalue weighted by atomic mass is 9.88. The summed E-state index contributed by atoms with van der Waals surface area (Å²) in [6.07, 6.45) is 8.70. The Hall–Kier alpha value is -3.67. The van der Waals surface area contributed by atoms with Crippen LogP contribution in [0.15, 0.2) is 42.5 Å².